The lowest BCUT2D eigenvalue weighted by molar-refractivity contribution is 0.588. The number of para-hydroxylation sites is 1. The van der Waals surface area contributed by atoms with Crippen LogP contribution >= 0.6 is 0 Å². The summed E-state index contributed by atoms with van der Waals surface area (Å²) in [6, 6.07) is 14.7. The van der Waals surface area contributed by atoms with Crippen LogP contribution in [0.5, 0.6) is 0 Å². The highest BCUT2D eigenvalue weighted by atomic mass is 32.2. The molecule has 3 nitrogen and oxygen atoms in total. The molecule has 22 heavy (non-hydrogen) atoms. The van der Waals surface area contributed by atoms with Gasteiger partial charge in [-0.3, -0.25) is 0 Å². The molecular formula is C18H19NO2S. The van der Waals surface area contributed by atoms with E-state index in [4.69, 9.17) is 0 Å². The Labute approximate surface area is 131 Å². The zero-order valence-electron chi connectivity index (χ0n) is 12.9. The molecule has 0 saturated heterocycles. The molecule has 0 amide bonds. The molecule has 0 atom stereocenters. The van der Waals surface area contributed by atoms with E-state index in [9.17, 15) is 8.42 Å². The van der Waals surface area contributed by atoms with Crippen molar-refractivity contribution in [2.45, 2.75) is 31.6 Å². The predicted molar refractivity (Wildman–Crippen MR) is 89.8 cm³/mol. The van der Waals surface area contributed by atoms with E-state index in [0.29, 0.717) is 4.90 Å². The van der Waals surface area contributed by atoms with Crippen molar-refractivity contribution in [1.29, 1.82) is 0 Å². The van der Waals surface area contributed by atoms with E-state index < -0.39 is 10.0 Å². The quantitative estimate of drug-likeness (QED) is 0.723. The average molecular weight is 313 g/mol. The van der Waals surface area contributed by atoms with Gasteiger partial charge < -0.3 is 0 Å². The summed E-state index contributed by atoms with van der Waals surface area (Å²) in [4.78, 5) is 0.353. The van der Waals surface area contributed by atoms with Crippen molar-refractivity contribution < 1.29 is 8.42 Å². The third-order valence-corrected chi connectivity index (χ3v) is 5.80. The molecular weight excluding hydrogens is 294 g/mol. The molecule has 1 aromatic heterocycles. The number of nitrogens with zero attached hydrogens (tertiary/aromatic N) is 1. The Morgan fingerprint density at radius 3 is 2.27 bits per heavy atom. The molecule has 3 rings (SSSR count). The Morgan fingerprint density at radius 1 is 0.955 bits per heavy atom. The van der Waals surface area contributed by atoms with Crippen molar-refractivity contribution in [3.8, 4) is 0 Å². The molecule has 0 unspecified atom stereocenters. The van der Waals surface area contributed by atoms with Gasteiger partial charge in [0.15, 0.2) is 0 Å². The molecule has 114 valence electrons. The lowest BCUT2D eigenvalue weighted by Crippen LogP contribution is -2.13. The van der Waals surface area contributed by atoms with E-state index in [-0.39, 0.29) is 5.92 Å². The standard InChI is InChI=1S/C18H19NO2S/c1-13(2)16-12-19(17-10-6-5-9-15(16)17)22(20,21)18-11-7-4-8-14(18)3/h4-13H,1-3H3. The topological polar surface area (TPSA) is 39.1 Å². The largest absolute Gasteiger partial charge is 0.268 e. The smallest absolute Gasteiger partial charge is 0.241 e. The van der Waals surface area contributed by atoms with Crippen LogP contribution in [-0.4, -0.2) is 12.4 Å². The molecule has 2 aromatic carbocycles. The molecule has 0 spiro atoms. The first kappa shape index (κ1) is 14.9. The van der Waals surface area contributed by atoms with Crippen LogP contribution in [0.1, 0.15) is 30.9 Å². The fraction of sp³-hybridized carbons (Fsp3) is 0.222. The molecule has 0 aliphatic carbocycles. The fourth-order valence-electron chi connectivity index (χ4n) is 2.79. The van der Waals surface area contributed by atoms with E-state index in [1.54, 1.807) is 18.3 Å². The van der Waals surface area contributed by atoms with E-state index in [0.717, 1.165) is 22.0 Å². The van der Waals surface area contributed by atoms with Crippen molar-refractivity contribution >= 4 is 20.9 Å². The third kappa shape index (κ3) is 2.24. The Balaban J connectivity index is 2.33. The molecule has 1 heterocycles. The molecule has 4 heteroatoms. The van der Waals surface area contributed by atoms with Gasteiger partial charge in [-0.2, -0.15) is 0 Å². The van der Waals surface area contributed by atoms with Crippen LogP contribution in [0.15, 0.2) is 59.6 Å². The summed E-state index contributed by atoms with van der Waals surface area (Å²) < 4.78 is 27.6. The zero-order valence-corrected chi connectivity index (χ0v) is 13.8. The minimum absolute atomic E-state index is 0.262. The summed E-state index contributed by atoms with van der Waals surface area (Å²) in [6.07, 6.45) is 1.76. The molecule has 0 saturated carbocycles. The second kappa shape index (κ2) is 5.29. The highest BCUT2D eigenvalue weighted by molar-refractivity contribution is 7.90. The summed E-state index contributed by atoms with van der Waals surface area (Å²) in [7, 11) is -3.59. The summed E-state index contributed by atoms with van der Waals surface area (Å²) in [5.74, 6) is 0.262. The number of fused-ring (bicyclic) bond motifs is 1. The molecule has 0 aliphatic rings. The van der Waals surface area contributed by atoms with Crippen LogP contribution in [0.2, 0.25) is 0 Å². The molecule has 0 fully saturated rings. The van der Waals surface area contributed by atoms with Crippen LogP contribution < -0.4 is 0 Å². The minimum atomic E-state index is -3.59. The van der Waals surface area contributed by atoms with E-state index >= 15 is 0 Å². The number of aromatic nitrogens is 1. The highest BCUT2D eigenvalue weighted by Gasteiger charge is 2.23. The van der Waals surface area contributed by atoms with Gasteiger partial charge in [-0.1, -0.05) is 50.2 Å². The second-order valence-corrected chi connectivity index (χ2v) is 7.61. The molecule has 3 aromatic rings. The average Bonchev–Trinajstić information content (AvgIpc) is 2.88. The van der Waals surface area contributed by atoms with Gasteiger partial charge in [0.25, 0.3) is 10.0 Å². The Hall–Kier alpha value is -2.07. The zero-order chi connectivity index (χ0) is 15.9. The molecule has 0 N–H and O–H groups in total. The Morgan fingerprint density at radius 2 is 1.59 bits per heavy atom. The molecule has 0 aliphatic heterocycles. The number of aryl methyl sites for hydroxylation is 1. The van der Waals surface area contributed by atoms with Gasteiger partial charge in [0.05, 0.1) is 10.4 Å². The Bertz CT molecular complexity index is 937. The van der Waals surface area contributed by atoms with Crippen molar-refractivity contribution in [2.75, 3.05) is 0 Å². The second-order valence-electron chi connectivity index (χ2n) is 5.82. The lowest BCUT2D eigenvalue weighted by Gasteiger charge is -2.09. The van der Waals surface area contributed by atoms with Gasteiger partial charge in [0.1, 0.15) is 0 Å². The van der Waals surface area contributed by atoms with Crippen LogP contribution in [0.25, 0.3) is 10.9 Å². The van der Waals surface area contributed by atoms with Crippen LogP contribution in [-0.2, 0) is 10.0 Å². The van der Waals surface area contributed by atoms with E-state index in [1.807, 2.05) is 43.3 Å². The van der Waals surface area contributed by atoms with Crippen LogP contribution in [0.3, 0.4) is 0 Å². The fourth-order valence-corrected chi connectivity index (χ4v) is 4.39. The van der Waals surface area contributed by atoms with Crippen LogP contribution in [0.4, 0.5) is 0 Å². The van der Waals surface area contributed by atoms with Gasteiger partial charge in [0, 0.05) is 11.6 Å². The van der Waals surface area contributed by atoms with Gasteiger partial charge in [-0.15, -0.1) is 0 Å². The van der Waals surface area contributed by atoms with Gasteiger partial charge in [-0.05, 0) is 36.1 Å². The summed E-state index contributed by atoms with van der Waals surface area (Å²) in [5.41, 5.74) is 2.54. The van der Waals surface area contributed by atoms with E-state index in [1.165, 1.54) is 3.97 Å². The first-order chi connectivity index (χ1) is 10.4. The number of hydrogen-bond acceptors (Lipinski definition) is 2. The normalized spacial score (nSPS) is 12.2. The summed E-state index contributed by atoms with van der Waals surface area (Å²) in [6.45, 7) is 5.97. The maximum Gasteiger partial charge on any atom is 0.268 e. The third-order valence-electron chi connectivity index (χ3n) is 3.96. The van der Waals surface area contributed by atoms with Crippen molar-refractivity contribution in [2.24, 2.45) is 0 Å². The first-order valence-corrected chi connectivity index (χ1v) is 8.78. The van der Waals surface area contributed by atoms with Crippen LogP contribution in [0, 0.1) is 6.92 Å². The number of rotatable bonds is 3. The number of benzene rings is 2. The maximum absolute atomic E-state index is 13.1. The van der Waals surface area contributed by atoms with Gasteiger partial charge in [0.2, 0.25) is 0 Å². The monoisotopic (exact) mass is 313 g/mol. The van der Waals surface area contributed by atoms with Gasteiger partial charge >= 0.3 is 0 Å². The van der Waals surface area contributed by atoms with E-state index in [2.05, 4.69) is 13.8 Å². The predicted octanol–water partition coefficient (Wildman–Crippen LogP) is 4.31. The Kier molecular flexibility index (Phi) is 3.57. The molecule has 0 bridgehead atoms. The van der Waals surface area contributed by atoms with Crippen molar-refractivity contribution in [3.63, 3.8) is 0 Å². The first-order valence-electron chi connectivity index (χ1n) is 7.34. The SMILES string of the molecule is Cc1ccccc1S(=O)(=O)n1cc(C(C)C)c2ccccc21. The maximum atomic E-state index is 13.1. The highest BCUT2D eigenvalue weighted by Crippen LogP contribution is 2.30. The lowest BCUT2D eigenvalue weighted by atomic mass is 10.0. The van der Waals surface area contributed by atoms with Crippen molar-refractivity contribution in [1.82, 2.24) is 3.97 Å². The number of hydrogen-bond donors (Lipinski definition) is 0. The summed E-state index contributed by atoms with van der Waals surface area (Å²) in [5, 5.41) is 0.995. The minimum Gasteiger partial charge on any atom is -0.241 e. The van der Waals surface area contributed by atoms with Crippen molar-refractivity contribution in [3.05, 3.63) is 65.9 Å². The van der Waals surface area contributed by atoms with Gasteiger partial charge in [-0.25, -0.2) is 12.4 Å². The molecule has 0 radical (unpaired) electrons. The summed E-state index contributed by atoms with van der Waals surface area (Å²) >= 11 is 0.